The summed E-state index contributed by atoms with van der Waals surface area (Å²) in [5.74, 6) is 1.57. The third-order valence-corrected chi connectivity index (χ3v) is 2.66. The molecule has 2 aromatic rings. The van der Waals surface area contributed by atoms with Gasteiger partial charge in [0.1, 0.15) is 11.5 Å². The summed E-state index contributed by atoms with van der Waals surface area (Å²) in [5.41, 5.74) is 3.59. The molecule has 0 aliphatic carbocycles. The van der Waals surface area contributed by atoms with Crippen LogP contribution in [-0.4, -0.2) is 21.5 Å². The van der Waals surface area contributed by atoms with Crippen molar-refractivity contribution in [3.05, 3.63) is 22.7 Å². The zero-order valence-corrected chi connectivity index (χ0v) is 10.2. The van der Waals surface area contributed by atoms with Crippen LogP contribution in [0.15, 0.2) is 17.0 Å². The van der Waals surface area contributed by atoms with Gasteiger partial charge in [-0.15, -0.1) is 11.3 Å². The van der Waals surface area contributed by atoms with Gasteiger partial charge in [-0.25, -0.2) is 15.0 Å². The van der Waals surface area contributed by atoms with E-state index in [0.717, 1.165) is 30.2 Å². The Morgan fingerprint density at radius 2 is 2.25 bits per heavy atom. The van der Waals surface area contributed by atoms with Gasteiger partial charge in [0.15, 0.2) is 5.82 Å². The summed E-state index contributed by atoms with van der Waals surface area (Å²) in [5, 5.41) is 5.22. The van der Waals surface area contributed by atoms with Gasteiger partial charge in [-0.3, -0.25) is 0 Å². The summed E-state index contributed by atoms with van der Waals surface area (Å²) in [7, 11) is 0. The molecule has 2 aromatic heterocycles. The Kier molecular flexibility index (Phi) is 3.46. The Balaban J connectivity index is 2.29. The average Bonchev–Trinajstić information content (AvgIpc) is 2.79. The smallest absolute Gasteiger partial charge is 0.181 e. The Morgan fingerprint density at radius 3 is 2.94 bits per heavy atom. The van der Waals surface area contributed by atoms with Crippen molar-refractivity contribution in [2.24, 2.45) is 0 Å². The minimum Gasteiger partial charge on any atom is -0.370 e. The van der Waals surface area contributed by atoms with Crippen molar-refractivity contribution in [2.75, 3.05) is 11.9 Å². The highest BCUT2D eigenvalue weighted by Crippen LogP contribution is 2.17. The van der Waals surface area contributed by atoms with Crippen molar-refractivity contribution in [1.29, 1.82) is 0 Å². The van der Waals surface area contributed by atoms with Crippen LogP contribution in [0.2, 0.25) is 0 Å². The van der Waals surface area contributed by atoms with Crippen LogP contribution in [0.4, 0.5) is 5.82 Å². The van der Waals surface area contributed by atoms with Crippen LogP contribution in [-0.2, 0) is 0 Å². The van der Waals surface area contributed by atoms with Gasteiger partial charge < -0.3 is 5.32 Å². The van der Waals surface area contributed by atoms with Crippen molar-refractivity contribution >= 4 is 17.2 Å². The summed E-state index contributed by atoms with van der Waals surface area (Å²) < 4.78 is 0. The molecule has 4 nitrogen and oxygen atoms in total. The van der Waals surface area contributed by atoms with Crippen molar-refractivity contribution in [3.8, 4) is 11.5 Å². The van der Waals surface area contributed by atoms with Gasteiger partial charge in [0, 0.05) is 23.7 Å². The van der Waals surface area contributed by atoms with Gasteiger partial charge >= 0.3 is 0 Å². The zero-order chi connectivity index (χ0) is 11.4. The van der Waals surface area contributed by atoms with Gasteiger partial charge in [-0.05, 0) is 13.3 Å². The van der Waals surface area contributed by atoms with Crippen LogP contribution in [0.25, 0.3) is 11.5 Å². The minimum absolute atomic E-state index is 0.694. The third kappa shape index (κ3) is 2.55. The number of rotatable bonds is 4. The molecule has 0 amide bonds. The van der Waals surface area contributed by atoms with E-state index in [-0.39, 0.29) is 0 Å². The van der Waals surface area contributed by atoms with Gasteiger partial charge in [-0.1, -0.05) is 6.92 Å². The molecule has 0 saturated carbocycles. The van der Waals surface area contributed by atoms with E-state index in [2.05, 4.69) is 27.2 Å². The monoisotopic (exact) mass is 234 g/mol. The molecule has 0 atom stereocenters. The summed E-state index contributed by atoms with van der Waals surface area (Å²) in [4.78, 5) is 13.0. The second-order valence-corrected chi connectivity index (χ2v) is 4.24. The van der Waals surface area contributed by atoms with E-state index in [1.54, 1.807) is 16.8 Å². The van der Waals surface area contributed by atoms with Gasteiger partial charge in [0.2, 0.25) is 0 Å². The van der Waals surface area contributed by atoms with Gasteiger partial charge in [0.05, 0.1) is 5.51 Å². The molecular formula is C11H14N4S. The molecule has 0 saturated heterocycles. The van der Waals surface area contributed by atoms with Gasteiger partial charge in [0.25, 0.3) is 0 Å². The normalized spacial score (nSPS) is 10.4. The van der Waals surface area contributed by atoms with Gasteiger partial charge in [-0.2, -0.15) is 0 Å². The van der Waals surface area contributed by atoms with Crippen LogP contribution in [0, 0.1) is 6.92 Å². The lowest BCUT2D eigenvalue weighted by Gasteiger charge is -2.06. The Hall–Kier alpha value is -1.49. The Labute approximate surface area is 98.8 Å². The maximum Gasteiger partial charge on any atom is 0.181 e. The lowest BCUT2D eigenvalue weighted by Crippen LogP contribution is -2.04. The van der Waals surface area contributed by atoms with E-state index in [1.807, 2.05) is 18.4 Å². The minimum atomic E-state index is 0.694. The highest BCUT2D eigenvalue weighted by molar-refractivity contribution is 7.07. The molecule has 2 heterocycles. The van der Waals surface area contributed by atoms with E-state index in [4.69, 9.17) is 0 Å². The molecule has 16 heavy (non-hydrogen) atoms. The molecule has 0 radical (unpaired) electrons. The van der Waals surface area contributed by atoms with Crippen LogP contribution < -0.4 is 5.32 Å². The van der Waals surface area contributed by atoms with E-state index < -0.39 is 0 Å². The quantitative estimate of drug-likeness (QED) is 0.883. The summed E-state index contributed by atoms with van der Waals surface area (Å²) in [6.45, 7) is 5.02. The molecule has 2 rings (SSSR count). The lowest BCUT2D eigenvalue weighted by atomic mass is 10.3. The molecular weight excluding hydrogens is 220 g/mol. The van der Waals surface area contributed by atoms with Crippen molar-refractivity contribution < 1.29 is 0 Å². The van der Waals surface area contributed by atoms with Crippen molar-refractivity contribution in [2.45, 2.75) is 20.3 Å². The second-order valence-electron chi connectivity index (χ2n) is 3.52. The van der Waals surface area contributed by atoms with Crippen LogP contribution in [0.1, 0.15) is 19.0 Å². The predicted molar refractivity (Wildman–Crippen MR) is 66.7 cm³/mol. The molecule has 0 aliphatic rings. The topological polar surface area (TPSA) is 50.7 Å². The number of aryl methyl sites for hydroxylation is 1. The molecule has 0 bridgehead atoms. The molecule has 0 aliphatic heterocycles. The first-order valence-electron chi connectivity index (χ1n) is 5.27. The van der Waals surface area contributed by atoms with Crippen molar-refractivity contribution in [1.82, 2.24) is 15.0 Å². The lowest BCUT2D eigenvalue weighted by molar-refractivity contribution is 0.961. The van der Waals surface area contributed by atoms with Crippen LogP contribution in [0.3, 0.4) is 0 Å². The van der Waals surface area contributed by atoms with Crippen LogP contribution >= 0.6 is 11.3 Å². The molecule has 0 unspecified atom stereocenters. The van der Waals surface area contributed by atoms with Crippen molar-refractivity contribution in [3.63, 3.8) is 0 Å². The SMILES string of the molecule is CCCNc1cc(C)nc(-c2cscn2)n1. The van der Waals surface area contributed by atoms with E-state index in [0.29, 0.717) is 5.82 Å². The maximum atomic E-state index is 4.44. The highest BCUT2D eigenvalue weighted by Gasteiger charge is 2.06. The number of hydrogen-bond acceptors (Lipinski definition) is 5. The molecule has 0 fully saturated rings. The molecule has 84 valence electrons. The number of anilines is 1. The number of nitrogens with one attached hydrogen (secondary N) is 1. The second kappa shape index (κ2) is 5.03. The Morgan fingerprint density at radius 1 is 1.38 bits per heavy atom. The average molecular weight is 234 g/mol. The fourth-order valence-electron chi connectivity index (χ4n) is 1.35. The fraction of sp³-hybridized carbons (Fsp3) is 0.364. The van der Waals surface area contributed by atoms with E-state index in [9.17, 15) is 0 Å². The zero-order valence-electron chi connectivity index (χ0n) is 9.40. The van der Waals surface area contributed by atoms with E-state index in [1.165, 1.54) is 0 Å². The van der Waals surface area contributed by atoms with Crippen LogP contribution in [0.5, 0.6) is 0 Å². The summed E-state index contributed by atoms with van der Waals surface area (Å²) >= 11 is 1.55. The number of aromatic nitrogens is 3. The Bertz CT molecular complexity index is 453. The first kappa shape index (κ1) is 11.0. The molecule has 1 N–H and O–H groups in total. The highest BCUT2D eigenvalue weighted by atomic mass is 32.1. The van der Waals surface area contributed by atoms with E-state index >= 15 is 0 Å². The summed E-state index contributed by atoms with van der Waals surface area (Å²) in [6, 6.07) is 1.95. The molecule has 0 spiro atoms. The summed E-state index contributed by atoms with van der Waals surface area (Å²) in [6.07, 6.45) is 1.08. The standard InChI is InChI=1S/C11H14N4S/c1-3-4-12-10-5-8(2)14-11(15-10)9-6-16-7-13-9/h5-7H,3-4H2,1-2H3,(H,12,14,15). The fourth-order valence-corrected chi connectivity index (χ4v) is 1.88. The number of hydrogen-bond donors (Lipinski definition) is 1. The number of nitrogens with zero attached hydrogens (tertiary/aromatic N) is 3. The first-order chi connectivity index (χ1) is 7.79. The number of thiazole rings is 1. The first-order valence-corrected chi connectivity index (χ1v) is 6.22. The predicted octanol–water partition coefficient (Wildman–Crippen LogP) is 2.73. The maximum absolute atomic E-state index is 4.44. The molecule has 5 heteroatoms. The molecule has 0 aromatic carbocycles. The largest absolute Gasteiger partial charge is 0.370 e. The third-order valence-electron chi connectivity index (χ3n) is 2.07.